The summed E-state index contributed by atoms with van der Waals surface area (Å²) in [5.41, 5.74) is 1.90. The van der Waals surface area contributed by atoms with E-state index in [9.17, 15) is 9.59 Å². The smallest absolute Gasteiger partial charge is 0.155 e. The number of hydrogen-bond acceptors (Lipinski definition) is 2. The molecule has 1 aromatic rings. The first-order valence-electron chi connectivity index (χ1n) is 6.52. The number of Topliss-reactive ketones (excluding diaryl/α,β-unsaturated/α-hetero) is 1. The zero-order chi connectivity index (χ0) is 12.6. The maximum atomic E-state index is 12.3. The van der Waals surface area contributed by atoms with Gasteiger partial charge in [0.25, 0.3) is 0 Å². The van der Waals surface area contributed by atoms with Gasteiger partial charge in [-0.2, -0.15) is 0 Å². The molecular formula is C16H16O2. The molecule has 3 rings (SSSR count). The molecule has 1 atom stereocenters. The molecule has 1 fully saturated rings. The SMILES string of the molecule is O=C1C=C2CCC(=O)[C@@]2(Cc2ccccc2)CC1. The number of allylic oxidation sites excluding steroid dienone is 2. The van der Waals surface area contributed by atoms with Crippen LogP contribution in [0.2, 0.25) is 0 Å². The summed E-state index contributed by atoms with van der Waals surface area (Å²) in [7, 11) is 0. The van der Waals surface area contributed by atoms with E-state index in [0.717, 1.165) is 18.4 Å². The first-order valence-corrected chi connectivity index (χ1v) is 6.52. The predicted octanol–water partition coefficient (Wildman–Crippen LogP) is 2.87. The molecule has 2 aliphatic carbocycles. The van der Waals surface area contributed by atoms with Crippen molar-refractivity contribution in [1.82, 2.24) is 0 Å². The van der Waals surface area contributed by atoms with E-state index in [2.05, 4.69) is 12.1 Å². The lowest BCUT2D eigenvalue weighted by Gasteiger charge is -2.32. The first kappa shape index (κ1) is 11.4. The van der Waals surface area contributed by atoms with E-state index in [-0.39, 0.29) is 11.2 Å². The average molecular weight is 240 g/mol. The fraction of sp³-hybridized carbons (Fsp3) is 0.375. The molecule has 0 N–H and O–H groups in total. The maximum Gasteiger partial charge on any atom is 0.155 e. The summed E-state index contributed by atoms with van der Waals surface area (Å²) in [5, 5.41) is 0. The Labute approximate surface area is 107 Å². The molecule has 1 aromatic carbocycles. The molecule has 2 nitrogen and oxygen atoms in total. The monoisotopic (exact) mass is 240 g/mol. The van der Waals surface area contributed by atoms with Gasteiger partial charge in [0.1, 0.15) is 5.78 Å². The van der Waals surface area contributed by atoms with Gasteiger partial charge in [-0.25, -0.2) is 0 Å². The van der Waals surface area contributed by atoms with Crippen LogP contribution in [-0.4, -0.2) is 11.6 Å². The van der Waals surface area contributed by atoms with Crippen LogP contribution in [-0.2, 0) is 16.0 Å². The molecule has 0 bridgehead atoms. The van der Waals surface area contributed by atoms with Gasteiger partial charge in [-0.05, 0) is 30.9 Å². The minimum atomic E-state index is -0.366. The molecule has 0 saturated heterocycles. The summed E-state index contributed by atoms with van der Waals surface area (Å²) >= 11 is 0. The Morgan fingerprint density at radius 3 is 2.56 bits per heavy atom. The minimum absolute atomic E-state index is 0.184. The summed E-state index contributed by atoms with van der Waals surface area (Å²) in [5.74, 6) is 0.508. The number of ketones is 2. The molecule has 1 saturated carbocycles. The van der Waals surface area contributed by atoms with E-state index in [0.29, 0.717) is 25.0 Å². The van der Waals surface area contributed by atoms with Crippen LogP contribution in [0.4, 0.5) is 0 Å². The predicted molar refractivity (Wildman–Crippen MR) is 69.1 cm³/mol. The van der Waals surface area contributed by atoms with Crippen molar-refractivity contribution in [2.45, 2.75) is 32.1 Å². The van der Waals surface area contributed by atoms with Crippen molar-refractivity contribution in [2.24, 2.45) is 5.41 Å². The summed E-state index contributed by atoms with van der Waals surface area (Å²) in [4.78, 5) is 23.8. The first-order chi connectivity index (χ1) is 8.71. The Morgan fingerprint density at radius 1 is 1.00 bits per heavy atom. The average Bonchev–Trinajstić information content (AvgIpc) is 2.69. The van der Waals surface area contributed by atoms with Crippen molar-refractivity contribution >= 4 is 11.6 Å². The quantitative estimate of drug-likeness (QED) is 0.796. The Balaban J connectivity index is 1.98. The zero-order valence-electron chi connectivity index (χ0n) is 10.3. The lowest BCUT2D eigenvalue weighted by molar-refractivity contribution is -0.125. The Bertz CT molecular complexity index is 527. The van der Waals surface area contributed by atoms with Gasteiger partial charge in [0.2, 0.25) is 0 Å². The van der Waals surface area contributed by atoms with Gasteiger partial charge in [-0.1, -0.05) is 35.9 Å². The third-order valence-electron chi connectivity index (χ3n) is 4.25. The second kappa shape index (κ2) is 4.20. The third kappa shape index (κ3) is 1.72. The molecule has 18 heavy (non-hydrogen) atoms. The standard InChI is InChI=1S/C16H16O2/c17-14-8-9-16(11-12-4-2-1-3-5-12)13(10-14)6-7-15(16)18/h1-5,10H,6-9,11H2/t16-/m1/s1. The van der Waals surface area contributed by atoms with Gasteiger partial charge in [-0.3, -0.25) is 9.59 Å². The van der Waals surface area contributed by atoms with Crippen molar-refractivity contribution in [3.8, 4) is 0 Å². The van der Waals surface area contributed by atoms with Crippen LogP contribution in [0.3, 0.4) is 0 Å². The number of fused-ring (bicyclic) bond motifs is 1. The summed E-state index contributed by atoms with van der Waals surface area (Å²) in [6.07, 6.45) is 5.08. The number of hydrogen-bond donors (Lipinski definition) is 0. The van der Waals surface area contributed by atoms with Crippen LogP contribution >= 0.6 is 0 Å². The molecule has 0 aromatic heterocycles. The van der Waals surface area contributed by atoms with E-state index in [4.69, 9.17) is 0 Å². The van der Waals surface area contributed by atoms with Gasteiger partial charge < -0.3 is 0 Å². The fourth-order valence-electron chi connectivity index (χ4n) is 3.26. The van der Waals surface area contributed by atoms with E-state index >= 15 is 0 Å². The lowest BCUT2D eigenvalue weighted by Crippen LogP contribution is -2.33. The zero-order valence-corrected chi connectivity index (χ0v) is 10.3. The summed E-state index contributed by atoms with van der Waals surface area (Å²) in [6, 6.07) is 10.1. The summed E-state index contributed by atoms with van der Waals surface area (Å²) in [6.45, 7) is 0. The van der Waals surface area contributed by atoms with Crippen LogP contribution in [0, 0.1) is 5.41 Å². The highest BCUT2D eigenvalue weighted by atomic mass is 16.1. The third-order valence-corrected chi connectivity index (χ3v) is 4.25. The molecule has 2 aliphatic rings. The molecular weight excluding hydrogens is 224 g/mol. The molecule has 0 unspecified atom stereocenters. The van der Waals surface area contributed by atoms with E-state index in [1.807, 2.05) is 18.2 Å². The van der Waals surface area contributed by atoms with Crippen molar-refractivity contribution < 1.29 is 9.59 Å². The Hall–Kier alpha value is -1.70. The van der Waals surface area contributed by atoms with Gasteiger partial charge >= 0.3 is 0 Å². The second-order valence-electron chi connectivity index (χ2n) is 5.30. The van der Waals surface area contributed by atoms with Crippen molar-refractivity contribution in [3.63, 3.8) is 0 Å². The highest BCUT2D eigenvalue weighted by molar-refractivity contribution is 5.99. The Kier molecular flexibility index (Phi) is 2.66. The normalized spacial score (nSPS) is 27.0. The highest BCUT2D eigenvalue weighted by Crippen LogP contribution is 2.48. The van der Waals surface area contributed by atoms with Crippen molar-refractivity contribution in [1.29, 1.82) is 0 Å². The molecule has 0 aliphatic heterocycles. The van der Waals surface area contributed by atoms with Crippen LogP contribution < -0.4 is 0 Å². The van der Waals surface area contributed by atoms with Gasteiger partial charge in [0.15, 0.2) is 5.78 Å². The van der Waals surface area contributed by atoms with Crippen LogP contribution in [0.15, 0.2) is 42.0 Å². The van der Waals surface area contributed by atoms with Crippen LogP contribution in [0.5, 0.6) is 0 Å². The largest absolute Gasteiger partial charge is 0.299 e. The number of rotatable bonds is 2. The number of carbonyl (C=O) groups excluding carboxylic acids is 2. The number of benzene rings is 1. The van der Waals surface area contributed by atoms with Gasteiger partial charge in [-0.15, -0.1) is 0 Å². The molecule has 92 valence electrons. The molecule has 0 radical (unpaired) electrons. The van der Waals surface area contributed by atoms with Gasteiger partial charge in [0.05, 0.1) is 5.41 Å². The van der Waals surface area contributed by atoms with Crippen molar-refractivity contribution in [3.05, 3.63) is 47.5 Å². The molecule has 0 spiro atoms. The maximum absolute atomic E-state index is 12.3. The molecule has 0 heterocycles. The van der Waals surface area contributed by atoms with E-state index < -0.39 is 0 Å². The number of carbonyl (C=O) groups is 2. The van der Waals surface area contributed by atoms with Crippen LogP contribution in [0.25, 0.3) is 0 Å². The topological polar surface area (TPSA) is 34.1 Å². The van der Waals surface area contributed by atoms with Crippen LogP contribution in [0.1, 0.15) is 31.2 Å². The molecule has 2 heteroatoms. The van der Waals surface area contributed by atoms with E-state index in [1.54, 1.807) is 6.08 Å². The fourth-order valence-corrected chi connectivity index (χ4v) is 3.26. The lowest BCUT2D eigenvalue weighted by atomic mass is 9.69. The van der Waals surface area contributed by atoms with Crippen molar-refractivity contribution in [2.75, 3.05) is 0 Å². The minimum Gasteiger partial charge on any atom is -0.299 e. The highest BCUT2D eigenvalue weighted by Gasteiger charge is 2.47. The van der Waals surface area contributed by atoms with Gasteiger partial charge in [0, 0.05) is 12.8 Å². The Morgan fingerprint density at radius 2 is 1.78 bits per heavy atom. The summed E-state index contributed by atoms with van der Waals surface area (Å²) < 4.78 is 0. The second-order valence-corrected chi connectivity index (χ2v) is 5.30. The molecule has 0 amide bonds. The van der Waals surface area contributed by atoms with E-state index in [1.165, 1.54) is 5.56 Å².